The molecule has 0 aromatic heterocycles. The number of hydrogen-bond acceptors (Lipinski definition) is 4. The van der Waals surface area contributed by atoms with E-state index in [9.17, 15) is 14.7 Å². The smallest absolute Gasteiger partial charge is 0.329 e. The molecule has 1 aliphatic rings. The molecular formula is C14H27N3O4. The monoisotopic (exact) mass is 301 g/mol. The van der Waals surface area contributed by atoms with Gasteiger partial charge in [-0.3, -0.25) is 4.90 Å². The molecule has 1 rings (SSSR count). The first-order valence-corrected chi connectivity index (χ1v) is 7.49. The summed E-state index contributed by atoms with van der Waals surface area (Å²) in [5.41, 5.74) is -1.22. The lowest BCUT2D eigenvalue weighted by atomic mass is 9.97. The van der Waals surface area contributed by atoms with Crippen LogP contribution in [0.15, 0.2) is 0 Å². The first kappa shape index (κ1) is 17.7. The van der Waals surface area contributed by atoms with Crippen LogP contribution in [-0.4, -0.2) is 66.4 Å². The van der Waals surface area contributed by atoms with Crippen molar-refractivity contribution in [3.63, 3.8) is 0 Å². The number of carboxylic acid groups (broad SMARTS) is 1. The molecule has 0 aliphatic carbocycles. The molecule has 0 radical (unpaired) electrons. The van der Waals surface area contributed by atoms with Gasteiger partial charge in [-0.1, -0.05) is 13.3 Å². The molecule has 0 saturated carbocycles. The molecular weight excluding hydrogens is 274 g/mol. The Morgan fingerprint density at radius 2 is 2.00 bits per heavy atom. The van der Waals surface area contributed by atoms with Crippen LogP contribution in [0.3, 0.4) is 0 Å². The van der Waals surface area contributed by atoms with Gasteiger partial charge in [-0.15, -0.1) is 0 Å². The predicted molar refractivity (Wildman–Crippen MR) is 79.3 cm³/mol. The minimum Gasteiger partial charge on any atom is -0.480 e. The number of rotatable bonds is 7. The summed E-state index contributed by atoms with van der Waals surface area (Å²) in [6.07, 6.45) is 1.08. The number of morpholine rings is 1. The van der Waals surface area contributed by atoms with Crippen molar-refractivity contribution in [2.45, 2.75) is 45.2 Å². The Balaban J connectivity index is 2.42. The zero-order chi connectivity index (χ0) is 15.9. The van der Waals surface area contributed by atoms with Gasteiger partial charge in [-0.25, -0.2) is 9.59 Å². The number of hydrogen-bond donors (Lipinski definition) is 3. The molecule has 0 aromatic carbocycles. The summed E-state index contributed by atoms with van der Waals surface area (Å²) in [5, 5.41) is 14.6. The molecule has 1 heterocycles. The van der Waals surface area contributed by atoms with Gasteiger partial charge < -0.3 is 20.5 Å². The molecule has 2 amide bonds. The average Bonchev–Trinajstić information content (AvgIpc) is 2.39. The zero-order valence-corrected chi connectivity index (χ0v) is 13.1. The maximum absolute atomic E-state index is 12.0. The molecule has 7 heteroatoms. The van der Waals surface area contributed by atoms with Gasteiger partial charge in [0.2, 0.25) is 0 Å². The fourth-order valence-electron chi connectivity index (χ4n) is 2.45. The lowest BCUT2D eigenvalue weighted by Gasteiger charge is -2.30. The third-order valence-corrected chi connectivity index (χ3v) is 3.62. The van der Waals surface area contributed by atoms with E-state index in [1.54, 1.807) is 0 Å². The van der Waals surface area contributed by atoms with E-state index in [1.807, 2.05) is 13.8 Å². The minimum atomic E-state index is -1.22. The second kappa shape index (κ2) is 8.19. The summed E-state index contributed by atoms with van der Waals surface area (Å²) >= 11 is 0. The normalized spacial score (nSPS) is 20.3. The lowest BCUT2D eigenvalue weighted by molar-refractivity contribution is -0.144. The molecule has 1 fully saturated rings. The highest BCUT2D eigenvalue weighted by molar-refractivity contribution is 5.85. The molecule has 122 valence electrons. The highest BCUT2D eigenvalue weighted by Crippen LogP contribution is 2.12. The number of carbonyl (C=O) groups excluding carboxylic acids is 1. The van der Waals surface area contributed by atoms with Crippen molar-refractivity contribution < 1.29 is 19.4 Å². The number of urea groups is 1. The zero-order valence-electron chi connectivity index (χ0n) is 13.1. The lowest BCUT2D eigenvalue weighted by Crippen LogP contribution is -2.57. The second-order valence-corrected chi connectivity index (χ2v) is 5.80. The number of nitrogens with zero attached hydrogens (tertiary/aromatic N) is 1. The Bertz CT molecular complexity index is 358. The highest BCUT2D eigenvalue weighted by atomic mass is 16.5. The molecule has 2 atom stereocenters. The fraction of sp³-hybridized carbons (Fsp3) is 0.857. The molecule has 1 aliphatic heterocycles. The number of carboxylic acids is 1. The quantitative estimate of drug-likeness (QED) is 0.642. The fourth-order valence-corrected chi connectivity index (χ4v) is 2.45. The van der Waals surface area contributed by atoms with Crippen LogP contribution in [0.1, 0.15) is 33.6 Å². The van der Waals surface area contributed by atoms with Gasteiger partial charge in [0.25, 0.3) is 0 Å². The second-order valence-electron chi connectivity index (χ2n) is 5.80. The Morgan fingerprint density at radius 1 is 1.38 bits per heavy atom. The SMILES string of the molecule is CCCC(C)(NC(=O)NC(C)CN1CCOCC1)C(=O)O. The molecule has 7 nitrogen and oxygen atoms in total. The van der Waals surface area contributed by atoms with Gasteiger partial charge in [-0.05, 0) is 20.3 Å². The van der Waals surface area contributed by atoms with Gasteiger partial charge in [-0.2, -0.15) is 0 Å². The first-order chi connectivity index (χ1) is 9.87. The van der Waals surface area contributed by atoms with Crippen LogP contribution < -0.4 is 10.6 Å². The summed E-state index contributed by atoms with van der Waals surface area (Å²) in [4.78, 5) is 25.5. The van der Waals surface area contributed by atoms with Gasteiger partial charge in [0.05, 0.1) is 13.2 Å². The van der Waals surface area contributed by atoms with Gasteiger partial charge in [0.15, 0.2) is 0 Å². The Kier molecular flexibility index (Phi) is 6.91. The maximum Gasteiger partial charge on any atom is 0.329 e. The molecule has 0 aromatic rings. The van der Waals surface area contributed by atoms with E-state index in [1.165, 1.54) is 6.92 Å². The van der Waals surface area contributed by atoms with Crippen LogP contribution in [0.5, 0.6) is 0 Å². The Morgan fingerprint density at radius 3 is 2.52 bits per heavy atom. The summed E-state index contributed by atoms with van der Waals surface area (Å²) in [6, 6.07) is -0.489. The third-order valence-electron chi connectivity index (χ3n) is 3.62. The molecule has 3 N–H and O–H groups in total. The summed E-state index contributed by atoms with van der Waals surface area (Å²) < 4.78 is 5.27. The van der Waals surface area contributed by atoms with Crippen molar-refractivity contribution in [1.82, 2.24) is 15.5 Å². The maximum atomic E-state index is 12.0. The van der Waals surface area contributed by atoms with Gasteiger partial charge >= 0.3 is 12.0 Å². The number of amides is 2. The summed E-state index contributed by atoms with van der Waals surface area (Å²) in [7, 11) is 0. The predicted octanol–water partition coefficient (Wildman–Crippen LogP) is 0.650. The number of ether oxygens (including phenoxy) is 1. The topological polar surface area (TPSA) is 90.9 Å². The van der Waals surface area contributed by atoms with Crippen LogP contribution >= 0.6 is 0 Å². The Hall–Kier alpha value is -1.34. The van der Waals surface area contributed by atoms with Crippen LogP contribution in [0.2, 0.25) is 0 Å². The summed E-state index contributed by atoms with van der Waals surface area (Å²) in [5.74, 6) is -1.01. The van der Waals surface area contributed by atoms with Gasteiger partial charge in [0, 0.05) is 25.7 Å². The van der Waals surface area contributed by atoms with Gasteiger partial charge in [0.1, 0.15) is 5.54 Å². The highest BCUT2D eigenvalue weighted by Gasteiger charge is 2.34. The third kappa shape index (κ3) is 5.89. The van der Waals surface area contributed by atoms with E-state index >= 15 is 0 Å². The largest absolute Gasteiger partial charge is 0.480 e. The van der Waals surface area contributed by atoms with E-state index in [4.69, 9.17) is 4.74 Å². The molecule has 0 spiro atoms. The van der Waals surface area contributed by atoms with Crippen LogP contribution in [0, 0.1) is 0 Å². The molecule has 0 bridgehead atoms. The van der Waals surface area contributed by atoms with Crippen molar-refractivity contribution in [3.05, 3.63) is 0 Å². The summed E-state index contributed by atoms with van der Waals surface area (Å²) in [6.45, 7) is 9.21. The first-order valence-electron chi connectivity index (χ1n) is 7.49. The van der Waals surface area contributed by atoms with E-state index in [-0.39, 0.29) is 6.04 Å². The van der Waals surface area contributed by atoms with E-state index in [0.29, 0.717) is 26.1 Å². The van der Waals surface area contributed by atoms with Crippen molar-refractivity contribution in [3.8, 4) is 0 Å². The average molecular weight is 301 g/mol. The Labute approximate surface area is 126 Å². The minimum absolute atomic E-state index is 0.0530. The van der Waals surface area contributed by atoms with Crippen LogP contribution in [0.25, 0.3) is 0 Å². The van der Waals surface area contributed by atoms with Crippen LogP contribution in [0.4, 0.5) is 4.79 Å². The van der Waals surface area contributed by atoms with Crippen molar-refractivity contribution >= 4 is 12.0 Å². The van der Waals surface area contributed by atoms with Crippen molar-refractivity contribution in [2.75, 3.05) is 32.8 Å². The van der Waals surface area contributed by atoms with Crippen molar-refractivity contribution in [2.24, 2.45) is 0 Å². The molecule has 21 heavy (non-hydrogen) atoms. The van der Waals surface area contributed by atoms with Crippen LogP contribution in [-0.2, 0) is 9.53 Å². The van der Waals surface area contributed by atoms with Crippen molar-refractivity contribution in [1.29, 1.82) is 0 Å². The standard InChI is InChI=1S/C14H27N3O4/c1-4-5-14(3,12(18)19)16-13(20)15-11(2)10-17-6-8-21-9-7-17/h11H,4-10H2,1-3H3,(H,18,19)(H2,15,16,20). The molecule has 2 unspecified atom stereocenters. The van der Waals surface area contributed by atoms with E-state index in [0.717, 1.165) is 19.6 Å². The van der Waals surface area contributed by atoms with E-state index in [2.05, 4.69) is 15.5 Å². The van der Waals surface area contributed by atoms with E-state index < -0.39 is 17.5 Å². The number of carbonyl (C=O) groups is 2. The number of nitrogens with one attached hydrogen (secondary N) is 2. The number of aliphatic carboxylic acids is 1. The molecule has 1 saturated heterocycles.